The second-order valence-electron chi connectivity index (χ2n) is 6.12. The Morgan fingerprint density at radius 3 is 2.68 bits per heavy atom. The van der Waals surface area contributed by atoms with Crippen LogP contribution in [0.1, 0.15) is 26.2 Å². The molecule has 2 rings (SSSR count). The molecular weight excluding hydrogens is 325 g/mol. The van der Waals surface area contributed by atoms with Crippen molar-refractivity contribution in [3.05, 3.63) is 0 Å². The summed E-state index contributed by atoms with van der Waals surface area (Å²) in [5.74, 6) is 1.05. The smallest absolute Gasteiger partial charge is 0.222 e. The maximum absolute atomic E-state index is 12.3. The van der Waals surface area contributed by atoms with Gasteiger partial charge in [-0.25, -0.2) is 0 Å². The lowest BCUT2D eigenvalue weighted by Gasteiger charge is -2.39. The number of methoxy groups -OCH3 is 1. The Morgan fingerprint density at radius 1 is 1.32 bits per heavy atom. The number of piperazine rings is 1. The summed E-state index contributed by atoms with van der Waals surface area (Å²) in [5, 5.41) is 3.36. The van der Waals surface area contributed by atoms with Gasteiger partial charge in [0.05, 0.1) is 6.61 Å². The summed E-state index contributed by atoms with van der Waals surface area (Å²) in [4.78, 5) is 16.7. The Labute approximate surface area is 146 Å². The molecule has 0 bridgehead atoms. The molecule has 2 saturated heterocycles. The zero-order valence-electron chi connectivity index (χ0n) is 13.8. The van der Waals surface area contributed by atoms with Gasteiger partial charge in [-0.2, -0.15) is 0 Å². The lowest BCUT2D eigenvalue weighted by molar-refractivity contribution is -0.134. The molecule has 2 heterocycles. The van der Waals surface area contributed by atoms with E-state index in [2.05, 4.69) is 22.0 Å². The Kier molecular flexibility index (Phi) is 11.4. The molecular formula is C15H31Cl2N3O2. The maximum atomic E-state index is 12.3. The molecule has 2 aliphatic rings. The molecule has 7 heteroatoms. The molecule has 0 saturated carbocycles. The summed E-state index contributed by atoms with van der Waals surface area (Å²) < 4.78 is 5.13. The number of hydrogen-bond acceptors (Lipinski definition) is 4. The average Bonchev–Trinajstić information content (AvgIpc) is 2.96. The third kappa shape index (κ3) is 6.59. The molecule has 0 aromatic rings. The van der Waals surface area contributed by atoms with Crippen LogP contribution in [-0.4, -0.2) is 74.7 Å². The van der Waals surface area contributed by atoms with Crippen LogP contribution in [0, 0.1) is 5.92 Å². The highest BCUT2D eigenvalue weighted by Crippen LogP contribution is 2.17. The SMILES string of the molecule is COCCN1CCN(C(=O)CCC2CCNC2)CC1C.Cl.Cl. The van der Waals surface area contributed by atoms with E-state index in [1.165, 1.54) is 6.42 Å². The van der Waals surface area contributed by atoms with Gasteiger partial charge in [-0.05, 0) is 38.8 Å². The van der Waals surface area contributed by atoms with Crippen molar-refractivity contribution in [2.45, 2.75) is 32.2 Å². The molecule has 2 fully saturated rings. The number of nitrogens with one attached hydrogen (secondary N) is 1. The number of nitrogens with zero attached hydrogens (tertiary/aromatic N) is 2. The summed E-state index contributed by atoms with van der Waals surface area (Å²) >= 11 is 0. The van der Waals surface area contributed by atoms with Crippen LogP contribution in [0.15, 0.2) is 0 Å². The Morgan fingerprint density at radius 2 is 2.09 bits per heavy atom. The van der Waals surface area contributed by atoms with E-state index in [0.717, 1.165) is 58.7 Å². The normalized spacial score (nSPS) is 25.5. The molecule has 0 spiro atoms. The third-order valence-corrected chi connectivity index (χ3v) is 4.63. The molecule has 2 atom stereocenters. The quantitative estimate of drug-likeness (QED) is 0.782. The van der Waals surface area contributed by atoms with E-state index in [-0.39, 0.29) is 24.8 Å². The first-order valence-electron chi connectivity index (χ1n) is 7.92. The summed E-state index contributed by atoms with van der Waals surface area (Å²) in [5.41, 5.74) is 0. The van der Waals surface area contributed by atoms with Crippen LogP contribution in [0.5, 0.6) is 0 Å². The predicted molar refractivity (Wildman–Crippen MR) is 94.2 cm³/mol. The number of amides is 1. The fourth-order valence-electron chi connectivity index (χ4n) is 3.21. The van der Waals surface area contributed by atoms with Gasteiger partial charge in [-0.15, -0.1) is 24.8 Å². The van der Waals surface area contributed by atoms with Gasteiger partial charge in [-0.3, -0.25) is 9.69 Å². The predicted octanol–water partition coefficient (Wildman–Crippen LogP) is 1.40. The van der Waals surface area contributed by atoms with Gasteiger partial charge in [-0.1, -0.05) is 0 Å². The van der Waals surface area contributed by atoms with E-state index in [9.17, 15) is 4.79 Å². The monoisotopic (exact) mass is 355 g/mol. The summed E-state index contributed by atoms with van der Waals surface area (Å²) in [7, 11) is 1.74. The number of ether oxygens (including phenoxy) is 1. The van der Waals surface area contributed by atoms with Gasteiger partial charge in [0.15, 0.2) is 0 Å². The number of hydrogen-bond donors (Lipinski definition) is 1. The second-order valence-corrected chi connectivity index (χ2v) is 6.12. The van der Waals surface area contributed by atoms with Crippen LogP contribution in [0.3, 0.4) is 0 Å². The number of carbonyl (C=O) groups excluding carboxylic acids is 1. The molecule has 1 amide bonds. The molecule has 2 aliphatic heterocycles. The van der Waals surface area contributed by atoms with Crippen molar-refractivity contribution in [2.24, 2.45) is 5.92 Å². The van der Waals surface area contributed by atoms with Gasteiger partial charge in [0.2, 0.25) is 5.91 Å². The first kappa shape index (κ1) is 21.9. The summed E-state index contributed by atoms with van der Waals surface area (Å²) in [6, 6.07) is 0.441. The maximum Gasteiger partial charge on any atom is 0.222 e. The first-order chi connectivity index (χ1) is 9.70. The van der Waals surface area contributed by atoms with Crippen molar-refractivity contribution >= 4 is 30.7 Å². The summed E-state index contributed by atoms with van der Waals surface area (Å²) in [6.45, 7) is 8.86. The molecule has 0 radical (unpaired) electrons. The van der Waals surface area contributed by atoms with Crippen LogP contribution in [0.25, 0.3) is 0 Å². The van der Waals surface area contributed by atoms with E-state index in [1.807, 2.05) is 0 Å². The largest absolute Gasteiger partial charge is 0.383 e. The fourth-order valence-corrected chi connectivity index (χ4v) is 3.21. The van der Waals surface area contributed by atoms with E-state index >= 15 is 0 Å². The highest BCUT2D eigenvalue weighted by Gasteiger charge is 2.26. The van der Waals surface area contributed by atoms with Crippen LogP contribution in [0.2, 0.25) is 0 Å². The van der Waals surface area contributed by atoms with E-state index < -0.39 is 0 Å². The molecule has 132 valence electrons. The average molecular weight is 356 g/mol. The van der Waals surface area contributed by atoms with Gasteiger partial charge >= 0.3 is 0 Å². The van der Waals surface area contributed by atoms with E-state index in [0.29, 0.717) is 17.9 Å². The van der Waals surface area contributed by atoms with Crippen LogP contribution in [0.4, 0.5) is 0 Å². The topological polar surface area (TPSA) is 44.8 Å². The Bertz CT molecular complexity index is 315. The molecule has 0 aromatic carbocycles. The minimum atomic E-state index is 0. The van der Waals surface area contributed by atoms with Crippen molar-refractivity contribution in [1.29, 1.82) is 0 Å². The van der Waals surface area contributed by atoms with Crippen molar-refractivity contribution in [1.82, 2.24) is 15.1 Å². The molecule has 2 unspecified atom stereocenters. The second kappa shape index (κ2) is 11.5. The standard InChI is InChI=1S/C15H29N3O2.2ClH/c1-13-12-18(8-7-17(13)9-10-20-2)15(19)4-3-14-5-6-16-11-14;;/h13-14,16H,3-12H2,1-2H3;2*1H. The number of carbonyl (C=O) groups is 1. The molecule has 0 aliphatic carbocycles. The molecule has 5 nitrogen and oxygen atoms in total. The van der Waals surface area contributed by atoms with E-state index in [4.69, 9.17) is 4.74 Å². The number of halogens is 2. The van der Waals surface area contributed by atoms with Crippen molar-refractivity contribution in [3.63, 3.8) is 0 Å². The lowest BCUT2D eigenvalue weighted by Crippen LogP contribution is -2.54. The fraction of sp³-hybridized carbons (Fsp3) is 0.933. The highest BCUT2D eigenvalue weighted by atomic mass is 35.5. The van der Waals surface area contributed by atoms with Gasteiger partial charge in [0.25, 0.3) is 0 Å². The van der Waals surface area contributed by atoms with Crippen LogP contribution < -0.4 is 5.32 Å². The Balaban J connectivity index is 0.00000220. The van der Waals surface area contributed by atoms with Gasteiger partial charge in [0, 0.05) is 45.8 Å². The zero-order valence-corrected chi connectivity index (χ0v) is 15.4. The van der Waals surface area contributed by atoms with Crippen LogP contribution in [-0.2, 0) is 9.53 Å². The van der Waals surface area contributed by atoms with Crippen molar-refractivity contribution in [3.8, 4) is 0 Å². The van der Waals surface area contributed by atoms with Gasteiger partial charge in [0.1, 0.15) is 0 Å². The molecule has 22 heavy (non-hydrogen) atoms. The van der Waals surface area contributed by atoms with Crippen LogP contribution >= 0.6 is 24.8 Å². The molecule has 0 aromatic heterocycles. The lowest BCUT2D eigenvalue weighted by atomic mass is 10.0. The van der Waals surface area contributed by atoms with Crippen molar-refractivity contribution in [2.75, 3.05) is 53.0 Å². The van der Waals surface area contributed by atoms with Gasteiger partial charge < -0.3 is 15.0 Å². The summed E-state index contributed by atoms with van der Waals surface area (Å²) in [6.07, 6.45) is 3.00. The first-order valence-corrected chi connectivity index (χ1v) is 7.92. The minimum absolute atomic E-state index is 0. The van der Waals surface area contributed by atoms with Crippen molar-refractivity contribution < 1.29 is 9.53 Å². The minimum Gasteiger partial charge on any atom is -0.383 e. The van der Waals surface area contributed by atoms with E-state index in [1.54, 1.807) is 7.11 Å². The zero-order chi connectivity index (χ0) is 14.4. The molecule has 1 N–H and O–H groups in total. The highest BCUT2D eigenvalue weighted by molar-refractivity contribution is 5.85. The third-order valence-electron chi connectivity index (χ3n) is 4.63. The number of rotatable bonds is 6. The Hall–Kier alpha value is -0.0700.